The number of carbonyl (C=O) groups is 2. The maximum Gasteiger partial charge on any atom is 0.228 e. The van der Waals surface area contributed by atoms with Gasteiger partial charge < -0.3 is 10.6 Å². The summed E-state index contributed by atoms with van der Waals surface area (Å²) in [5, 5.41) is 15.7. The number of hydrogen-bond acceptors (Lipinski definition) is 5. The van der Waals surface area contributed by atoms with Crippen LogP contribution in [0, 0.1) is 11.6 Å². The minimum absolute atomic E-state index is 0.00556. The van der Waals surface area contributed by atoms with Crippen LogP contribution in [0.1, 0.15) is 12.5 Å². The number of rotatable bonds is 5. The molecule has 3 aromatic rings. The lowest BCUT2D eigenvalue weighted by Crippen LogP contribution is -2.17. The molecule has 0 spiro atoms. The second kappa shape index (κ2) is 7.68. The maximum atomic E-state index is 13.5. The summed E-state index contributed by atoms with van der Waals surface area (Å²) >= 11 is 0. The molecule has 0 atom stereocenters. The van der Waals surface area contributed by atoms with Crippen LogP contribution in [0.25, 0.3) is 5.69 Å². The zero-order valence-corrected chi connectivity index (χ0v) is 14.1. The standard InChI is InChI=1S/C17H14F2N6O2/c1-10(26)21-15-7-13(18)14(19)8-16(15)22-17(27)6-11-2-4-12(5-3-11)25-9-20-23-24-25/h2-5,7-9H,6H2,1H3,(H,21,26)(H,22,27). The van der Waals surface area contributed by atoms with E-state index < -0.39 is 23.4 Å². The fourth-order valence-electron chi connectivity index (χ4n) is 2.37. The molecular formula is C17H14F2N6O2. The number of hydrogen-bond donors (Lipinski definition) is 2. The molecule has 0 aliphatic heterocycles. The van der Waals surface area contributed by atoms with Crippen LogP contribution in [-0.2, 0) is 16.0 Å². The normalized spacial score (nSPS) is 10.5. The molecule has 0 unspecified atom stereocenters. The van der Waals surface area contributed by atoms with Crippen molar-refractivity contribution >= 4 is 23.2 Å². The van der Waals surface area contributed by atoms with E-state index in [1.807, 2.05) is 0 Å². The summed E-state index contributed by atoms with van der Waals surface area (Å²) in [6, 6.07) is 8.54. The van der Waals surface area contributed by atoms with E-state index in [4.69, 9.17) is 0 Å². The van der Waals surface area contributed by atoms with Crippen LogP contribution >= 0.6 is 0 Å². The molecule has 138 valence electrons. The Bertz CT molecular complexity index is 974. The molecule has 1 aromatic heterocycles. The van der Waals surface area contributed by atoms with Gasteiger partial charge in [0.15, 0.2) is 11.6 Å². The topological polar surface area (TPSA) is 102 Å². The van der Waals surface area contributed by atoms with E-state index in [1.54, 1.807) is 24.3 Å². The Morgan fingerprint density at radius 3 is 2.22 bits per heavy atom. The van der Waals surface area contributed by atoms with Gasteiger partial charge in [-0.15, -0.1) is 5.10 Å². The van der Waals surface area contributed by atoms with Gasteiger partial charge in [-0.1, -0.05) is 12.1 Å². The van der Waals surface area contributed by atoms with Crippen LogP contribution in [0.15, 0.2) is 42.7 Å². The van der Waals surface area contributed by atoms with E-state index in [1.165, 1.54) is 17.9 Å². The molecule has 0 bridgehead atoms. The predicted molar refractivity (Wildman–Crippen MR) is 92.1 cm³/mol. The predicted octanol–water partition coefficient (Wildman–Crippen LogP) is 2.08. The molecule has 10 heteroatoms. The number of aromatic nitrogens is 4. The minimum Gasteiger partial charge on any atom is -0.324 e. The van der Waals surface area contributed by atoms with Crippen molar-refractivity contribution in [3.8, 4) is 5.69 Å². The van der Waals surface area contributed by atoms with E-state index in [0.717, 1.165) is 17.8 Å². The highest BCUT2D eigenvalue weighted by Crippen LogP contribution is 2.25. The first kappa shape index (κ1) is 18.1. The number of carbonyl (C=O) groups excluding carboxylic acids is 2. The van der Waals surface area contributed by atoms with E-state index in [-0.39, 0.29) is 17.8 Å². The highest BCUT2D eigenvalue weighted by molar-refractivity contribution is 5.99. The van der Waals surface area contributed by atoms with Gasteiger partial charge in [0.2, 0.25) is 11.8 Å². The van der Waals surface area contributed by atoms with Crippen LogP contribution in [-0.4, -0.2) is 32.0 Å². The highest BCUT2D eigenvalue weighted by atomic mass is 19.2. The molecule has 27 heavy (non-hydrogen) atoms. The fourth-order valence-corrected chi connectivity index (χ4v) is 2.37. The van der Waals surface area contributed by atoms with Crippen LogP contribution in [0.3, 0.4) is 0 Å². The first-order valence-corrected chi connectivity index (χ1v) is 7.81. The quantitative estimate of drug-likeness (QED) is 0.714. The van der Waals surface area contributed by atoms with Gasteiger partial charge in [0.1, 0.15) is 6.33 Å². The molecular weight excluding hydrogens is 358 g/mol. The minimum atomic E-state index is -1.13. The van der Waals surface area contributed by atoms with Crippen molar-refractivity contribution in [3.63, 3.8) is 0 Å². The van der Waals surface area contributed by atoms with E-state index >= 15 is 0 Å². The Balaban J connectivity index is 1.72. The number of halogens is 2. The number of nitrogens with one attached hydrogen (secondary N) is 2. The monoisotopic (exact) mass is 372 g/mol. The number of tetrazole rings is 1. The Morgan fingerprint density at radius 2 is 1.67 bits per heavy atom. The zero-order chi connectivity index (χ0) is 19.4. The molecule has 8 nitrogen and oxygen atoms in total. The second-order valence-electron chi connectivity index (χ2n) is 5.64. The summed E-state index contributed by atoms with van der Waals surface area (Å²) < 4.78 is 28.4. The van der Waals surface area contributed by atoms with Crippen LogP contribution < -0.4 is 10.6 Å². The molecule has 2 aromatic carbocycles. The van der Waals surface area contributed by atoms with Crippen molar-refractivity contribution < 1.29 is 18.4 Å². The lowest BCUT2D eigenvalue weighted by Gasteiger charge is -2.12. The van der Waals surface area contributed by atoms with Gasteiger partial charge in [-0.3, -0.25) is 9.59 Å². The lowest BCUT2D eigenvalue weighted by molar-refractivity contribution is -0.116. The Hall–Kier alpha value is -3.69. The van der Waals surface area contributed by atoms with Crippen LogP contribution in [0.4, 0.5) is 20.2 Å². The first-order chi connectivity index (χ1) is 12.9. The van der Waals surface area contributed by atoms with E-state index in [2.05, 4.69) is 26.2 Å². The molecule has 0 aliphatic rings. The van der Waals surface area contributed by atoms with Gasteiger partial charge in [0.25, 0.3) is 0 Å². The molecule has 0 fully saturated rings. The van der Waals surface area contributed by atoms with Gasteiger partial charge in [0.05, 0.1) is 23.5 Å². The smallest absolute Gasteiger partial charge is 0.228 e. The third kappa shape index (κ3) is 4.48. The number of amides is 2. The SMILES string of the molecule is CC(=O)Nc1cc(F)c(F)cc1NC(=O)Cc1ccc(-n2cnnn2)cc1. The number of benzene rings is 2. The summed E-state index contributed by atoms with van der Waals surface area (Å²) in [6.07, 6.45) is 1.43. The zero-order valence-electron chi connectivity index (χ0n) is 14.1. The van der Waals surface area contributed by atoms with Gasteiger partial charge in [0, 0.05) is 19.1 Å². The van der Waals surface area contributed by atoms with Crippen molar-refractivity contribution in [2.45, 2.75) is 13.3 Å². The van der Waals surface area contributed by atoms with Gasteiger partial charge >= 0.3 is 0 Å². The molecule has 3 rings (SSSR count). The average Bonchev–Trinajstić information content (AvgIpc) is 3.14. The van der Waals surface area contributed by atoms with E-state index in [9.17, 15) is 18.4 Å². The van der Waals surface area contributed by atoms with Gasteiger partial charge in [-0.2, -0.15) is 0 Å². The Labute approximate surface area is 152 Å². The number of nitrogens with zero attached hydrogens (tertiary/aromatic N) is 4. The maximum absolute atomic E-state index is 13.5. The summed E-state index contributed by atoms with van der Waals surface area (Å²) in [4.78, 5) is 23.5. The van der Waals surface area contributed by atoms with Gasteiger partial charge in [-0.05, 0) is 28.1 Å². The van der Waals surface area contributed by atoms with Crippen molar-refractivity contribution in [3.05, 3.63) is 59.9 Å². The number of anilines is 2. The third-order valence-electron chi connectivity index (χ3n) is 3.56. The van der Waals surface area contributed by atoms with Crippen molar-refractivity contribution in [1.29, 1.82) is 0 Å². The summed E-state index contributed by atoms with van der Waals surface area (Å²) in [7, 11) is 0. The summed E-state index contributed by atoms with van der Waals surface area (Å²) in [5.41, 5.74) is 1.36. The summed E-state index contributed by atoms with van der Waals surface area (Å²) in [6.45, 7) is 1.22. The Kier molecular flexibility index (Phi) is 5.15. The summed E-state index contributed by atoms with van der Waals surface area (Å²) in [5.74, 6) is -3.20. The van der Waals surface area contributed by atoms with Crippen molar-refractivity contribution in [2.24, 2.45) is 0 Å². The lowest BCUT2D eigenvalue weighted by atomic mass is 10.1. The third-order valence-corrected chi connectivity index (χ3v) is 3.56. The van der Waals surface area contributed by atoms with Crippen molar-refractivity contribution in [2.75, 3.05) is 10.6 Å². The van der Waals surface area contributed by atoms with E-state index in [0.29, 0.717) is 5.56 Å². The highest BCUT2D eigenvalue weighted by Gasteiger charge is 2.14. The first-order valence-electron chi connectivity index (χ1n) is 7.81. The van der Waals surface area contributed by atoms with Gasteiger partial charge in [-0.25, -0.2) is 13.5 Å². The average molecular weight is 372 g/mol. The molecule has 0 saturated carbocycles. The Morgan fingerprint density at radius 1 is 1.04 bits per heavy atom. The van der Waals surface area contributed by atoms with Crippen molar-refractivity contribution in [1.82, 2.24) is 20.2 Å². The second-order valence-corrected chi connectivity index (χ2v) is 5.64. The molecule has 0 saturated heterocycles. The molecule has 1 heterocycles. The van der Waals surface area contributed by atoms with Crippen LogP contribution in [0.2, 0.25) is 0 Å². The molecule has 2 amide bonds. The molecule has 0 aliphatic carbocycles. The van der Waals surface area contributed by atoms with Crippen LogP contribution in [0.5, 0.6) is 0 Å². The largest absolute Gasteiger partial charge is 0.324 e. The molecule has 0 radical (unpaired) electrons. The molecule has 2 N–H and O–H groups in total. The fraction of sp³-hybridized carbons (Fsp3) is 0.118.